The predicted octanol–water partition coefficient (Wildman–Crippen LogP) is 1.74. The minimum absolute atomic E-state index is 0.0218. The van der Waals surface area contributed by atoms with Gasteiger partial charge in [0.25, 0.3) is 0 Å². The molecule has 1 heterocycles. The Morgan fingerprint density at radius 1 is 1.24 bits per heavy atom. The van der Waals surface area contributed by atoms with E-state index in [4.69, 9.17) is 0 Å². The molecular formula is C13H9F3N2O3. The number of aryl methyl sites for hydroxylation is 1. The minimum Gasteiger partial charge on any atom is -0.464 e. The van der Waals surface area contributed by atoms with Crippen LogP contribution in [0.2, 0.25) is 0 Å². The second-order valence-corrected chi connectivity index (χ2v) is 4.14. The fourth-order valence-corrected chi connectivity index (χ4v) is 1.71. The summed E-state index contributed by atoms with van der Waals surface area (Å²) in [5.74, 6) is -4.59. The Morgan fingerprint density at radius 2 is 1.81 bits per heavy atom. The summed E-state index contributed by atoms with van der Waals surface area (Å²) in [5, 5.41) is 3.55. The lowest BCUT2D eigenvalue weighted by atomic mass is 10.2. The molecule has 8 heteroatoms. The van der Waals surface area contributed by atoms with Gasteiger partial charge in [-0.25, -0.2) is 22.6 Å². The molecule has 0 saturated heterocycles. The lowest BCUT2D eigenvalue weighted by Gasteiger charge is -2.10. The van der Waals surface area contributed by atoms with Gasteiger partial charge in [0.2, 0.25) is 11.1 Å². The van der Waals surface area contributed by atoms with Crippen LogP contribution < -0.4 is 5.43 Å². The van der Waals surface area contributed by atoms with Gasteiger partial charge in [-0.1, -0.05) is 0 Å². The van der Waals surface area contributed by atoms with Crippen molar-refractivity contribution in [2.24, 2.45) is 0 Å². The maximum atomic E-state index is 13.7. The van der Waals surface area contributed by atoms with E-state index in [1.807, 2.05) is 0 Å². The summed E-state index contributed by atoms with van der Waals surface area (Å²) in [6.07, 6.45) is 1.04. The van der Waals surface area contributed by atoms with Crippen molar-refractivity contribution in [3.8, 4) is 5.69 Å². The second-order valence-electron chi connectivity index (χ2n) is 4.14. The van der Waals surface area contributed by atoms with E-state index in [-0.39, 0.29) is 5.56 Å². The number of carbonyl (C=O) groups excluding carboxylic acids is 1. The van der Waals surface area contributed by atoms with Gasteiger partial charge >= 0.3 is 5.97 Å². The summed E-state index contributed by atoms with van der Waals surface area (Å²) < 4.78 is 45.4. The lowest BCUT2D eigenvalue weighted by Crippen LogP contribution is -2.25. The van der Waals surface area contributed by atoms with Crippen molar-refractivity contribution < 1.29 is 22.7 Å². The highest BCUT2D eigenvalue weighted by Crippen LogP contribution is 2.18. The van der Waals surface area contributed by atoms with Crippen molar-refractivity contribution in [2.45, 2.75) is 6.92 Å². The molecule has 1 aromatic heterocycles. The molecule has 110 valence electrons. The number of esters is 1. The maximum absolute atomic E-state index is 13.7. The summed E-state index contributed by atoms with van der Waals surface area (Å²) >= 11 is 0. The maximum Gasteiger partial charge on any atom is 0.362 e. The first-order chi connectivity index (χ1) is 9.85. The molecule has 21 heavy (non-hydrogen) atoms. The van der Waals surface area contributed by atoms with Gasteiger partial charge in [-0.15, -0.1) is 0 Å². The number of rotatable bonds is 2. The fourth-order valence-electron chi connectivity index (χ4n) is 1.71. The first kappa shape index (κ1) is 14.8. The van der Waals surface area contributed by atoms with E-state index in [1.54, 1.807) is 0 Å². The first-order valence-electron chi connectivity index (χ1n) is 5.69. The zero-order valence-electron chi connectivity index (χ0n) is 11.0. The van der Waals surface area contributed by atoms with Gasteiger partial charge in [-0.2, -0.15) is 5.10 Å². The Bertz CT molecular complexity index is 764. The van der Waals surface area contributed by atoms with Crippen molar-refractivity contribution in [2.75, 3.05) is 7.11 Å². The largest absolute Gasteiger partial charge is 0.464 e. The van der Waals surface area contributed by atoms with Crippen LogP contribution in [0, 0.1) is 24.4 Å². The van der Waals surface area contributed by atoms with Gasteiger partial charge in [-0.3, -0.25) is 4.79 Å². The smallest absolute Gasteiger partial charge is 0.362 e. The highest BCUT2D eigenvalue weighted by atomic mass is 19.1. The molecule has 0 aliphatic heterocycles. The van der Waals surface area contributed by atoms with Crippen LogP contribution in [0.15, 0.2) is 23.1 Å². The average Bonchev–Trinajstić information content (AvgIpc) is 2.40. The quantitative estimate of drug-likeness (QED) is 0.792. The van der Waals surface area contributed by atoms with Crippen LogP contribution >= 0.6 is 0 Å². The molecule has 0 fully saturated rings. The van der Waals surface area contributed by atoms with E-state index < -0.39 is 40.2 Å². The van der Waals surface area contributed by atoms with Crippen LogP contribution in [-0.4, -0.2) is 22.9 Å². The zero-order valence-corrected chi connectivity index (χ0v) is 11.0. The summed E-state index contributed by atoms with van der Waals surface area (Å²) in [4.78, 5) is 23.2. The third-order valence-corrected chi connectivity index (χ3v) is 2.69. The molecule has 0 spiro atoms. The van der Waals surface area contributed by atoms with Gasteiger partial charge in [0.05, 0.1) is 7.11 Å². The number of carbonyl (C=O) groups is 1. The van der Waals surface area contributed by atoms with E-state index in [0.717, 1.165) is 13.3 Å². The van der Waals surface area contributed by atoms with E-state index >= 15 is 0 Å². The van der Waals surface area contributed by atoms with Crippen LogP contribution in [0.25, 0.3) is 5.69 Å². The Balaban J connectivity index is 2.74. The van der Waals surface area contributed by atoms with Crippen LogP contribution in [0.5, 0.6) is 0 Å². The number of aromatic nitrogens is 2. The summed E-state index contributed by atoms with van der Waals surface area (Å²) in [5.41, 5.74) is -2.03. The SMILES string of the molecule is COC(=O)c1nn(-c2c(F)cc(F)cc2F)cc(C)c1=O. The number of ether oxygens (including phenoxy) is 1. The van der Waals surface area contributed by atoms with Crippen LogP contribution in [0.3, 0.4) is 0 Å². The molecule has 0 atom stereocenters. The molecule has 0 radical (unpaired) electrons. The molecule has 0 aliphatic rings. The van der Waals surface area contributed by atoms with Gasteiger partial charge < -0.3 is 4.74 Å². The fraction of sp³-hybridized carbons (Fsp3) is 0.154. The summed E-state index contributed by atoms with van der Waals surface area (Å²) in [6.45, 7) is 1.34. The Morgan fingerprint density at radius 3 is 2.33 bits per heavy atom. The molecule has 0 amide bonds. The van der Waals surface area contributed by atoms with Gasteiger partial charge in [-0.05, 0) is 6.92 Å². The molecule has 0 unspecified atom stereocenters. The van der Waals surface area contributed by atoms with E-state index in [0.29, 0.717) is 16.8 Å². The third-order valence-electron chi connectivity index (χ3n) is 2.69. The Labute approximate surface area is 116 Å². The van der Waals surface area contributed by atoms with Crippen LogP contribution in [0.1, 0.15) is 16.1 Å². The van der Waals surface area contributed by atoms with Crippen molar-refractivity contribution in [1.29, 1.82) is 0 Å². The number of hydrogen-bond acceptors (Lipinski definition) is 4. The van der Waals surface area contributed by atoms with E-state index in [9.17, 15) is 22.8 Å². The number of halogens is 3. The number of hydrogen-bond donors (Lipinski definition) is 0. The number of methoxy groups -OCH3 is 1. The van der Waals surface area contributed by atoms with Crippen LogP contribution in [0.4, 0.5) is 13.2 Å². The van der Waals surface area contributed by atoms with Crippen molar-refractivity contribution in [1.82, 2.24) is 9.78 Å². The van der Waals surface area contributed by atoms with Gasteiger partial charge in [0.15, 0.2) is 11.6 Å². The highest BCUT2D eigenvalue weighted by molar-refractivity contribution is 5.87. The summed E-state index contributed by atoms with van der Waals surface area (Å²) in [7, 11) is 1.04. The molecule has 5 nitrogen and oxygen atoms in total. The Hall–Kier alpha value is -2.64. The minimum atomic E-state index is -1.22. The van der Waals surface area contributed by atoms with Crippen molar-refractivity contribution >= 4 is 5.97 Å². The topological polar surface area (TPSA) is 61.2 Å². The molecule has 1 aromatic carbocycles. The highest BCUT2D eigenvalue weighted by Gasteiger charge is 2.19. The molecule has 0 N–H and O–H groups in total. The first-order valence-corrected chi connectivity index (χ1v) is 5.69. The van der Waals surface area contributed by atoms with Crippen molar-refractivity contribution in [3.05, 3.63) is 57.3 Å². The monoisotopic (exact) mass is 298 g/mol. The standard InChI is InChI=1S/C13H9F3N2O3/c1-6-5-18(17-10(12(6)19)13(20)21-2)11-8(15)3-7(14)4-9(11)16/h3-5H,1-2H3. The van der Waals surface area contributed by atoms with Gasteiger partial charge in [0, 0.05) is 23.9 Å². The third kappa shape index (κ3) is 2.64. The second kappa shape index (κ2) is 5.39. The lowest BCUT2D eigenvalue weighted by molar-refractivity contribution is 0.0590. The van der Waals surface area contributed by atoms with E-state index in [1.165, 1.54) is 6.92 Å². The molecule has 0 saturated carbocycles. The molecule has 0 aliphatic carbocycles. The number of nitrogens with zero attached hydrogens (tertiary/aromatic N) is 2. The number of benzene rings is 1. The normalized spacial score (nSPS) is 10.5. The summed E-state index contributed by atoms with van der Waals surface area (Å²) in [6, 6.07) is 0.927. The zero-order chi connectivity index (χ0) is 15.7. The average molecular weight is 298 g/mol. The van der Waals surface area contributed by atoms with Crippen molar-refractivity contribution in [3.63, 3.8) is 0 Å². The van der Waals surface area contributed by atoms with Gasteiger partial charge in [0.1, 0.15) is 11.5 Å². The van der Waals surface area contributed by atoms with E-state index in [2.05, 4.69) is 9.84 Å². The molecule has 2 aromatic rings. The molecule has 0 bridgehead atoms. The predicted molar refractivity (Wildman–Crippen MR) is 65.8 cm³/mol. The molecule has 2 rings (SSSR count). The Kier molecular flexibility index (Phi) is 3.79. The van der Waals surface area contributed by atoms with Crippen LogP contribution in [-0.2, 0) is 4.74 Å². The molecular weight excluding hydrogens is 289 g/mol.